The molecule has 1 aromatic heterocycles. The number of benzene rings is 1. The van der Waals surface area contributed by atoms with E-state index in [-0.39, 0.29) is 5.78 Å². The largest absolute Gasteiger partial charge is 0.287 e. The van der Waals surface area contributed by atoms with Crippen LogP contribution in [0.2, 0.25) is 0 Å². The van der Waals surface area contributed by atoms with Crippen LogP contribution in [0.3, 0.4) is 0 Å². The number of hydrogen-bond donors (Lipinski definition) is 0. The van der Waals surface area contributed by atoms with Gasteiger partial charge in [-0.3, -0.25) is 4.79 Å². The lowest BCUT2D eigenvalue weighted by Crippen LogP contribution is -2.02. The van der Waals surface area contributed by atoms with Gasteiger partial charge in [-0.15, -0.1) is 11.3 Å². The van der Waals surface area contributed by atoms with Gasteiger partial charge in [0.1, 0.15) is 5.69 Å². The van der Waals surface area contributed by atoms with Gasteiger partial charge in [0.05, 0.1) is 5.51 Å². The van der Waals surface area contributed by atoms with E-state index in [1.54, 1.807) is 10.9 Å². The molecule has 0 bridgehead atoms. The maximum atomic E-state index is 12.0. The topological polar surface area (TPSA) is 30.0 Å². The normalized spacial score (nSPS) is 10.3. The van der Waals surface area contributed by atoms with Crippen LogP contribution < -0.4 is 0 Å². The van der Waals surface area contributed by atoms with Crippen molar-refractivity contribution in [3.8, 4) is 0 Å². The molecule has 0 unspecified atom stereocenters. The minimum atomic E-state index is 0.0132. The van der Waals surface area contributed by atoms with Crippen molar-refractivity contribution in [2.45, 2.75) is 19.8 Å². The highest BCUT2D eigenvalue weighted by Gasteiger charge is 2.10. The SMILES string of the molecule is CCCc1cccc(C(=O)c2cscn2)c1. The molecule has 1 aromatic carbocycles. The monoisotopic (exact) mass is 231 g/mol. The Labute approximate surface area is 99.0 Å². The number of hydrogen-bond acceptors (Lipinski definition) is 3. The lowest BCUT2D eigenvalue weighted by molar-refractivity contribution is 0.103. The second-order valence-electron chi connectivity index (χ2n) is 3.65. The summed E-state index contributed by atoms with van der Waals surface area (Å²) in [5, 5.41) is 1.79. The summed E-state index contributed by atoms with van der Waals surface area (Å²) in [7, 11) is 0. The van der Waals surface area contributed by atoms with Gasteiger partial charge >= 0.3 is 0 Å². The molecular formula is C13H13NOS. The van der Waals surface area contributed by atoms with Crippen LogP contribution in [0.1, 0.15) is 35.0 Å². The Hall–Kier alpha value is -1.48. The summed E-state index contributed by atoms with van der Waals surface area (Å²) >= 11 is 1.45. The average Bonchev–Trinajstić information content (AvgIpc) is 2.82. The molecule has 82 valence electrons. The Balaban J connectivity index is 2.27. The molecule has 2 aromatic rings. The van der Waals surface area contributed by atoms with Crippen LogP contribution in [-0.2, 0) is 6.42 Å². The van der Waals surface area contributed by atoms with Crippen molar-refractivity contribution < 1.29 is 4.79 Å². The second-order valence-corrected chi connectivity index (χ2v) is 4.37. The molecule has 0 saturated carbocycles. The zero-order valence-electron chi connectivity index (χ0n) is 9.14. The van der Waals surface area contributed by atoms with Crippen molar-refractivity contribution in [1.82, 2.24) is 4.98 Å². The number of carbonyl (C=O) groups excluding carboxylic acids is 1. The van der Waals surface area contributed by atoms with Crippen LogP contribution in [0.25, 0.3) is 0 Å². The quantitative estimate of drug-likeness (QED) is 0.755. The fraction of sp³-hybridized carbons (Fsp3) is 0.231. The fourth-order valence-electron chi connectivity index (χ4n) is 1.63. The molecule has 0 N–H and O–H groups in total. The molecular weight excluding hydrogens is 218 g/mol. The van der Waals surface area contributed by atoms with E-state index in [1.165, 1.54) is 16.9 Å². The molecule has 0 atom stereocenters. The first kappa shape index (κ1) is 11.0. The first-order valence-electron chi connectivity index (χ1n) is 5.33. The predicted octanol–water partition coefficient (Wildman–Crippen LogP) is 3.33. The Kier molecular flexibility index (Phi) is 3.47. The van der Waals surface area contributed by atoms with Crippen LogP contribution in [0.15, 0.2) is 35.2 Å². The number of carbonyl (C=O) groups is 1. The maximum Gasteiger partial charge on any atom is 0.212 e. The summed E-state index contributed by atoms with van der Waals surface area (Å²) in [6.07, 6.45) is 2.10. The molecule has 0 amide bonds. The lowest BCUT2D eigenvalue weighted by atomic mass is 10.0. The maximum absolute atomic E-state index is 12.0. The van der Waals surface area contributed by atoms with Gasteiger partial charge in [0.25, 0.3) is 0 Å². The van der Waals surface area contributed by atoms with E-state index >= 15 is 0 Å². The van der Waals surface area contributed by atoms with Crippen molar-refractivity contribution >= 4 is 17.1 Å². The van der Waals surface area contributed by atoms with Crippen LogP contribution in [0, 0.1) is 0 Å². The number of nitrogens with zero attached hydrogens (tertiary/aromatic N) is 1. The zero-order chi connectivity index (χ0) is 11.4. The molecule has 3 heteroatoms. The molecule has 0 aliphatic rings. The predicted molar refractivity (Wildman–Crippen MR) is 66.0 cm³/mol. The van der Waals surface area contributed by atoms with E-state index in [4.69, 9.17) is 0 Å². The first-order valence-corrected chi connectivity index (χ1v) is 6.27. The molecule has 0 radical (unpaired) electrons. The van der Waals surface area contributed by atoms with Crippen LogP contribution >= 0.6 is 11.3 Å². The number of thiazole rings is 1. The Morgan fingerprint density at radius 1 is 1.44 bits per heavy atom. The number of aromatic nitrogens is 1. The van der Waals surface area contributed by atoms with E-state index in [2.05, 4.69) is 18.0 Å². The zero-order valence-corrected chi connectivity index (χ0v) is 9.96. The minimum absolute atomic E-state index is 0.0132. The summed E-state index contributed by atoms with van der Waals surface area (Å²) in [5.41, 5.74) is 4.17. The molecule has 1 heterocycles. The highest BCUT2D eigenvalue weighted by molar-refractivity contribution is 7.07. The lowest BCUT2D eigenvalue weighted by Gasteiger charge is -2.01. The van der Waals surface area contributed by atoms with E-state index in [9.17, 15) is 4.79 Å². The van der Waals surface area contributed by atoms with Crippen LogP contribution in [-0.4, -0.2) is 10.8 Å². The third kappa shape index (κ3) is 2.36. The van der Waals surface area contributed by atoms with Gasteiger partial charge in [0, 0.05) is 10.9 Å². The Morgan fingerprint density at radius 3 is 3.00 bits per heavy atom. The molecule has 16 heavy (non-hydrogen) atoms. The van der Waals surface area contributed by atoms with Gasteiger partial charge in [0.15, 0.2) is 0 Å². The van der Waals surface area contributed by atoms with Gasteiger partial charge in [-0.05, 0) is 18.1 Å². The van der Waals surface area contributed by atoms with E-state index in [1.807, 2.05) is 18.2 Å². The van der Waals surface area contributed by atoms with E-state index in [0.29, 0.717) is 5.69 Å². The Bertz CT molecular complexity index is 476. The first-order chi connectivity index (χ1) is 7.81. The average molecular weight is 231 g/mol. The molecule has 0 fully saturated rings. The Morgan fingerprint density at radius 2 is 2.31 bits per heavy atom. The van der Waals surface area contributed by atoms with Gasteiger partial charge in [-0.2, -0.15) is 0 Å². The third-order valence-corrected chi connectivity index (χ3v) is 2.98. The third-order valence-electron chi connectivity index (χ3n) is 2.39. The van der Waals surface area contributed by atoms with Gasteiger partial charge in [0.2, 0.25) is 5.78 Å². The summed E-state index contributed by atoms with van der Waals surface area (Å²) in [6.45, 7) is 2.13. The summed E-state index contributed by atoms with van der Waals surface area (Å²) < 4.78 is 0. The van der Waals surface area contributed by atoms with Crippen molar-refractivity contribution in [3.05, 3.63) is 52.0 Å². The molecule has 0 saturated heterocycles. The molecule has 0 aliphatic carbocycles. The van der Waals surface area contributed by atoms with E-state index in [0.717, 1.165) is 18.4 Å². The van der Waals surface area contributed by atoms with Crippen molar-refractivity contribution in [2.75, 3.05) is 0 Å². The summed E-state index contributed by atoms with van der Waals surface area (Å²) in [5.74, 6) is 0.0132. The molecule has 0 aliphatic heterocycles. The number of ketones is 1. The van der Waals surface area contributed by atoms with Crippen LogP contribution in [0.4, 0.5) is 0 Å². The minimum Gasteiger partial charge on any atom is -0.287 e. The highest BCUT2D eigenvalue weighted by Crippen LogP contribution is 2.13. The summed E-state index contributed by atoms with van der Waals surface area (Å²) in [4.78, 5) is 16.0. The standard InChI is InChI=1S/C13H13NOS/c1-2-4-10-5-3-6-11(7-10)13(15)12-8-16-9-14-12/h3,5-9H,2,4H2,1H3. The number of rotatable bonds is 4. The van der Waals surface area contributed by atoms with E-state index < -0.39 is 0 Å². The molecule has 2 nitrogen and oxygen atoms in total. The highest BCUT2D eigenvalue weighted by atomic mass is 32.1. The van der Waals surface area contributed by atoms with Gasteiger partial charge < -0.3 is 0 Å². The van der Waals surface area contributed by atoms with Gasteiger partial charge in [-0.1, -0.05) is 31.5 Å². The fourth-order valence-corrected chi connectivity index (χ4v) is 2.16. The second kappa shape index (κ2) is 5.03. The number of aryl methyl sites for hydroxylation is 1. The smallest absolute Gasteiger partial charge is 0.212 e. The van der Waals surface area contributed by atoms with Crippen molar-refractivity contribution in [2.24, 2.45) is 0 Å². The van der Waals surface area contributed by atoms with Gasteiger partial charge in [-0.25, -0.2) is 4.98 Å². The molecule has 0 spiro atoms. The summed E-state index contributed by atoms with van der Waals surface area (Å²) in [6, 6.07) is 7.80. The van der Waals surface area contributed by atoms with Crippen molar-refractivity contribution in [3.63, 3.8) is 0 Å². The van der Waals surface area contributed by atoms with Crippen LogP contribution in [0.5, 0.6) is 0 Å². The van der Waals surface area contributed by atoms with Crippen molar-refractivity contribution in [1.29, 1.82) is 0 Å². The molecule has 2 rings (SSSR count).